The Kier molecular flexibility index (Phi) is 4.96. The molecule has 0 spiro atoms. The van der Waals surface area contributed by atoms with Gasteiger partial charge in [-0.3, -0.25) is 34.3 Å². The van der Waals surface area contributed by atoms with Crippen molar-refractivity contribution in [3.63, 3.8) is 0 Å². The van der Waals surface area contributed by atoms with E-state index in [1.807, 2.05) is 0 Å². The molecule has 0 saturated carbocycles. The number of anilines is 1. The van der Waals surface area contributed by atoms with Crippen LogP contribution in [0.2, 0.25) is 0 Å². The van der Waals surface area contributed by atoms with Gasteiger partial charge in [-0.2, -0.15) is 0 Å². The number of fused-ring (bicyclic) bond motifs is 1. The van der Waals surface area contributed by atoms with Gasteiger partial charge in [0.15, 0.2) is 0 Å². The summed E-state index contributed by atoms with van der Waals surface area (Å²) in [6.07, 6.45) is 0.225. The molecule has 1 atom stereocenters. The van der Waals surface area contributed by atoms with Gasteiger partial charge in [-0.15, -0.1) is 0 Å². The minimum Gasteiger partial charge on any atom is -0.369 e. The summed E-state index contributed by atoms with van der Waals surface area (Å²) in [7, 11) is 6.26. The smallest absolute Gasteiger partial charge is 0.262 e. The highest BCUT2D eigenvalue weighted by Gasteiger charge is 2.45. The van der Waals surface area contributed by atoms with E-state index in [0.29, 0.717) is 5.46 Å². The average molecular weight is 408 g/mol. The molecular weight excluding hydrogens is 383 g/mol. The Labute approximate surface area is 177 Å². The van der Waals surface area contributed by atoms with E-state index in [9.17, 15) is 19.2 Å². The summed E-state index contributed by atoms with van der Waals surface area (Å²) >= 11 is 0. The zero-order valence-corrected chi connectivity index (χ0v) is 17.5. The van der Waals surface area contributed by atoms with Crippen LogP contribution < -0.4 is 15.7 Å². The largest absolute Gasteiger partial charge is 0.369 e. The Balaban J connectivity index is 1.59. The van der Waals surface area contributed by atoms with Crippen LogP contribution in [0.5, 0.6) is 0 Å². The monoisotopic (exact) mass is 408 g/mol. The summed E-state index contributed by atoms with van der Waals surface area (Å²) in [6, 6.07) is 2.23. The topological polar surface area (TPSA) is 90.0 Å². The first kappa shape index (κ1) is 20.6. The standard InChI is InChI=1S/C21H25BN4O4/c1-21(2,3)25-8-6-24(7-9-25)16-11-13-12(10-14(16)22)19(29)26(20(13)30)15-4-5-17(27)23-18(15)28/h10-11,15H,4-9H2,1-3H3,(H,23,27,28). The quantitative estimate of drug-likeness (QED) is 0.539. The fraction of sp³-hybridized carbons (Fsp3) is 0.524. The van der Waals surface area contributed by atoms with Crippen molar-refractivity contribution in [1.82, 2.24) is 15.1 Å². The second-order valence-corrected chi connectivity index (χ2v) is 9.05. The number of imide groups is 2. The van der Waals surface area contributed by atoms with Crippen LogP contribution in [0.1, 0.15) is 54.3 Å². The van der Waals surface area contributed by atoms with Crippen molar-refractivity contribution in [2.75, 3.05) is 31.1 Å². The Morgan fingerprint density at radius 3 is 2.13 bits per heavy atom. The van der Waals surface area contributed by atoms with Crippen molar-refractivity contribution in [3.8, 4) is 0 Å². The molecule has 1 N–H and O–H groups in total. The highest BCUT2D eigenvalue weighted by atomic mass is 16.2. The Bertz CT molecular complexity index is 947. The predicted molar refractivity (Wildman–Crippen MR) is 112 cm³/mol. The highest BCUT2D eigenvalue weighted by Crippen LogP contribution is 2.30. The maximum absolute atomic E-state index is 13.0. The third-order valence-electron chi connectivity index (χ3n) is 6.16. The lowest BCUT2D eigenvalue weighted by Gasteiger charge is -2.43. The lowest BCUT2D eigenvalue weighted by Crippen LogP contribution is -2.54. The van der Waals surface area contributed by atoms with Gasteiger partial charge in [-0.05, 0) is 33.3 Å². The van der Waals surface area contributed by atoms with Gasteiger partial charge >= 0.3 is 0 Å². The van der Waals surface area contributed by atoms with Crippen LogP contribution in [-0.2, 0) is 9.59 Å². The molecule has 3 heterocycles. The molecule has 9 heteroatoms. The normalized spacial score (nSPS) is 23.1. The lowest BCUT2D eigenvalue weighted by molar-refractivity contribution is -0.136. The van der Waals surface area contributed by atoms with Crippen LogP contribution in [-0.4, -0.2) is 79.0 Å². The number of benzene rings is 1. The second kappa shape index (κ2) is 7.23. The van der Waals surface area contributed by atoms with E-state index in [-0.39, 0.29) is 29.5 Å². The van der Waals surface area contributed by atoms with Crippen LogP contribution in [0, 0.1) is 0 Å². The van der Waals surface area contributed by atoms with Gasteiger partial charge in [0.2, 0.25) is 11.8 Å². The molecule has 1 aromatic rings. The molecule has 0 aliphatic carbocycles. The molecule has 3 aliphatic heterocycles. The first-order valence-corrected chi connectivity index (χ1v) is 10.2. The molecule has 4 rings (SSSR count). The molecule has 30 heavy (non-hydrogen) atoms. The SMILES string of the molecule is [B]c1cc2c(cc1N1CCN(C(C)(C)C)CC1)C(=O)N(C1CCC(=O)NC1=O)C2=O. The van der Waals surface area contributed by atoms with Gasteiger partial charge < -0.3 is 4.90 Å². The molecule has 8 nitrogen and oxygen atoms in total. The van der Waals surface area contributed by atoms with Gasteiger partial charge in [0.05, 0.1) is 11.1 Å². The van der Waals surface area contributed by atoms with Crippen LogP contribution in [0.15, 0.2) is 12.1 Å². The van der Waals surface area contributed by atoms with E-state index >= 15 is 0 Å². The third-order valence-corrected chi connectivity index (χ3v) is 6.16. The van der Waals surface area contributed by atoms with Crippen LogP contribution >= 0.6 is 0 Å². The molecule has 1 unspecified atom stereocenters. The second-order valence-electron chi connectivity index (χ2n) is 9.05. The minimum absolute atomic E-state index is 0.0837. The first-order chi connectivity index (χ1) is 14.1. The molecule has 2 saturated heterocycles. The zero-order valence-electron chi connectivity index (χ0n) is 17.5. The van der Waals surface area contributed by atoms with Gasteiger partial charge in [-0.1, -0.05) is 11.5 Å². The van der Waals surface area contributed by atoms with Crippen LogP contribution in [0.25, 0.3) is 0 Å². The summed E-state index contributed by atoms with van der Waals surface area (Å²) in [5, 5.41) is 2.20. The maximum Gasteiger partial charge on any atom is 0.262 e. The van der Waals surface area contributed by atoms with Crippen molar-refractivity contribution in [1.29, 1.82) is 0 Å². The predicted octanol–water partition coefficient (Wildman–Crippen LogP) is -0.198. The molecular formula is C21H25BN4O4. The first-order valence-electron chi connectivity index (χ1n) is 10.2. The Morgan fingerprint density at radius 2 is 1.57 bits per heavy atom. The van der Waals surface area contributed by atoms with Gasteiger partial charge in [0.1, 0.15) is 13.9 Å². The molecule has 2 fully saturated rings. The van der Waals surface area contributed by atoms with Crippen molar-refractivity contribution < 1.29 is 19.2 Å². The van der Waals surface area contributed by atoms with Gasteiger partial charge in [0, 0.05) is 43.8 Å². The van der Waals surface area contributed by atoms with E-state index in [4.69, 9.17) is 7.85 Å². The summed E-state index contributed by atoms with van der Waals surface area (Å²) in [4.78, 5) is 55.0. The summed E-state index contributed by atoms with van der Waals surface area (Å²) < 4.78 is 0. The number of piperidine rings is 1. The molecule has 0 bridgehead atoms. The molecule has 2 radical (unpaired) electrons. The van der Waals surface area contributed by atoms with Crippen molar-refractivity contribution in [2.24, 2.45) is 0 Å². The zero-order chi connectivity index (χ0) is 21.8. The van der Waals surface area contributed by atoms with Crippen LogP contribution in [0.4, 0.5) is 5.69 Å². The number of nitrogens with zero attached hydrogens (tertiary/aromatic N) is 3. The average Bonchev–Trinajstić information content (AvgIpc) is 2.91. The molecule has 3 aliphatic rings. The summed E-state index contributed by atoms with van der Waals surface area (Å²) in [5.41, 5.74) is 1.71. The number of hydrogen-bond donors (Lipinski definition) is 1. The van der Waals surface area contributed by atoms with E-state index < -0.39 is 29.7 Å². The number of carbonyl (C=O) groups excluding carboxylic acids is 4. The van der Waals surface area contributed by atoms with Gasteiger partial charge in [0.25, 0.3) is 11.8 Å². The number of piperazine rings is 1. The fourth-order valence-corrected chi connectivity index (χ4v) is 4.41. The Morgan fingerprint density at radius 1 is 0.967 bits per heavy atom. The Hall–Kier alpha value is -2.68. The number of rotatable bonds is 2. The number of amides is 4. The lowest BCUT2D eigenvalue weighted by atomic mass is 9.89. The van der Waals surface area contributed by atoms with E-state index in [2.05, 4.69) is 35.9 Å². The number of carbonyl (C=O) groups is 4. The van der Waals surface area contributed by atoms with Crippen molar-refractivity contribution in [2.45, 2.75) is 45.2 Å². The third kappa shape index (κ3) is 3.41. The highest BCUT2D eigenvalue weighted by molar-refractivity contribution is 6.37. The fourth-order valence-electron chi connectivity index (χ4n) is 4.41. The number of nitrogens with one attached hydrogen (secondary N) is 1. The molecule has 0 aromatic heterocycles. The van der Waals surface area contributed by atoms with E-state index in [0.717, 1.165) is 36.8 Å². The maximum atomic E-state index is 13.0. The molecule has 156 valence electrons. The van der Waals surface area contributed by atoms with Gasteiger partial charge in [-0.25, -0.2) is 0 Å². The summed E-state index contributed by atoms with van der Waals surface area (Å²) in [5.74, 6) is -2.07. The van der Waals surface area contributed by atoms with Crippen molar-refractivity contribution in [3.05, 3.63) is 23.3 Å². The van der Waals surface area contributed by atoms with Crippen molar-refractivity contribution >= 4 is 42.6 Å². The molecule has 4 amide bonds. The summed E-state index contributed by atoms with van der Waals surface area (Å²) in [6.45, 7) is 9.81. The minimum atomic E-state index is -0.977. The molecule has 1 aromatic carbocycles. The number of hydrogen-bond acceptors (Lipinski definition) is 6. The van der Waals surface area contributed by atoms with E-state index in [1.165, 1.54) is 6.07 Å². The van der Waals surface area contributed by atoms with Crippen LogP contribution in [0.3, 0.4) is 0 Å². The van der Waals surface area contributed by atoms with E-state index in [1.54, 1.807) is 6.07 Å².